The van der Waals surface area contributed by atoms with E-state index in [4.69, 9.17) is 10.9 Å². The largest absolute Gasteiger partial charge is 0.409 e. The summed E-state index contributed by atoms with van der Waals surface area (Å²) in [6.45, 7) is 0. The fourth-order valence-electron chi connectivity index (χ4n) is 2.64. The Bertz CT molecular complexity index is 484. The molecule has 1 aliphatic rings. The van der Waals surface area contributed by atoms with E-state index in [2.05, 4.69) is 15.8 Å². The topological polar surface area (TPSA) is 99.7 Å². The first kappa shape index (κ1) is 15.2. The molecule has 2 amide bonds. The van der Waals surface area contributed by atoms with E-state index in [9.17, 15) is 4.79 Å². The number of rotatable bonds is 4. The van der Waals surface area contributed by atoms with Crippen LogP contribution in [0.5, 0.6) is 0 Å². The first-order valence-electron chi connectivity index (χ1n) is 7.30. The van der Waals surface area contributed by atoms with Crippen molar-refractivity contribution in [3.8, 4) is 0 Å². The molecule has 6 nitrogen and oxygen atoms in total. The molecule has 0 spiro atoms. The average molecular weight is 290 g/mol. The van der Waals surface area contributed by atoms with Crippen molar-refractivity contribution in [2.45, 2.75) is 44.2 Å². The number of amidine groups is 1. The zero-order chi connectivity index (χ0) is 15.1. The Morgan fingerprint density at radius 1 is 1.24 bits per heavy atom. The van der Waals surface area contributed by atoms with E-state index in [1.165, 1.54) is 6.42 Å². The maximum atomic E-state index is 12.1. The highest BCUT2D eigenvalue weighted by Crippen LogP contribution is 2.18. The van der Waals surface area contributed by atoms with Gasteiger partial charge in [-0.2, -0.15) is 0 Å². The molecule has 21 heavy (non-hydrogen) atoms. The van der Waals surface area contributed by atoms with Gasteiger partial charge >= 0.3 is 6.03 Å². The second kappa shape index (κ2) is 7.52. The normalized spacial score (nSPS) is 18.0. The molecule has 2 rings (SSSR count). The molecule has 0 bridgehead atoms. The fraction of sp³-hybridized carbons (Fsp3) is 0.467. The third kappa shape index (κ3) is 4.37. The molecule has 0 saturated heterocycles. The molecule has 6 heteroatoms. The summed E-state index contributed by atoms with van der Waals surface area (Å²) >= 11 is 0. The first-order chi connectivity index (χ1) is 10.2. The summed E-state index contributed by atoms with van der Waals surface area (Å²) in [5.41, 5.74) is 6.46. The van der Waals surface area contributed by atoms with E-state index in [1.54, 1.807) is 0 Å². The number of amides is 2. The molecule has 5 N–H and O–H groups in total. The Kier molecular flexibility index (Phi) is 5.43. The number of nitrogens with two attached hydrogens (primary N) is 1. The van der Waals surface area contributed by atoms with E-state index in [0.717, 1.165) is 31.2 Å². The van der Waals surface area contributed by atoms with Crippen LogP contribution in [0.4, 0.5) is 4.79 Å². The van der Waals surface area contributed by atoms with Gasteiger partial charge in [-0.15, -0.1) is 0 Å². The maximum Gasteiger partial charge on any atom is 0.315 e. The lowest BCUT2D eigenvalue weighted by Crippen LogP contribution is -2.47. The third-order valence-corrected chi connectivity index (χ3v) is 3.76. The summed E-state index contributed by atoms with van der Waals surface area (Å²) < 4.78 is 0. The Balaban J connectivity index is 2.00. The minimum Gasteiger partial charge on any atom is -0.409 e. The maximum absolute atomic E-state index is 12.1. The van der Waals surface area contributed by atoms with Gasteiger partial charge in [-0.3, -0.25) is 0 Å². The fourth-order valence-corrected chi connectivity index (χ4v) is 2.64. The van der Waals surface area contributed by atoms with Crippen LogP contribution in [0.25, 0.3) is 0 Å². The molecule has 0 heterocycles. The van der Waals surface area contributed by atoms with Crippen LogP contribution in [-0.4, -0.2) is 23.1 Å². The van der Waals surface area contributed by atoms with Gasteiger partial charge < -0.3 is 21.6 Å². The van der Waals surface area contributed by atoms with E-state index in [0.29, 0.717) is 0 Å². The highest BCUT2D eigenvalue weighted by Gasteiger charge is 2.21. The van der Waals surface area contributed by atoms with E-state index in [-0.39, 0.29) is 17.9 Å². The monoisotopic (exact) mass is 290 g/mol. The molecule has 1 atom stereocenters. The first-order valence-corrected chi connectivity index (χ1v) is 7.30. The predicted molar refractivity (Wildman–Crippen MR) is 81.1 cm³/mol. The summed E-state index contributed by atoms with van der Waals surface area (Å²) in [6.07, 6.45) is 5.54. The highest BCUT2D eigenvalue weighted by molar-refractivity contribution is 5.90. The third-order valence-electron chi connectivity index (χ3n) is 3.76. The van der Waals surface area contributed by atoms with Gasteiger partial charge in [0.15, 0.2) is 5.84 Å². The van der Waals surface area contributed by atoms with Crippen molar-refractivity contribution in [1.29, 1.82) is 0 Å². The molecule has 1 aromatic rings. The molecule has 0 aromatic heterocycles. The van der Waals surface area contributed by atoms with Crippen LogP contribution in [0.2, 0.25) is 0 Å². The molecule has 0 aliphatic heterocycles. The number of carbonyl (C=O) groups excluding carboxylic acids is 1. The van der Waals surface area contributed by atoms with Crippen LogP contribution in [-0.2, 0) is 0 Å². The quantitative estimate of drug-likeness (QED) is 0.296. The number of oxime groups is 1. The van der Waals surface area contributed by atoms with Gasteiger partial charge in [0.25, 0.3) is 0 Å². The van der Waals surface area contributed by atoms with Gasteiger partial charge in [-0.05, 0) is 18.4 Å². The molecule has 1 fully saturated rings. The minimum atomic E-state index is -0.639. The molecular weight excluding hydrogens is 268 g/mol. The molecule has 1 unspecified atom stereocenters. The zero-order valence-electron chi connectivity index (χ0n) is 12.0. The van der Waals surface area contributed by atoms with E-state index >= 15 is 0 Å². The van der Waals surface area contributed by atoms with Gasteiger partial charge in [0.05, 0.1) is 0 Å². The van der Waals surface area contributed by atoms with Crippen LogP contribution >= 0.6 is 0 Å². The minimum absolute atomic E-state index is 0.0417. The summed E-state index contributed by atoms with van der Waals surface area (Å²) in [5.74, 6) is -0.0417. The van der Waals surface area contributed by atoms with Crippen LogP contribution < -0.4 is 16.4 Å². The van der Waals surface area contributed by atoms with Crippen molar-refractivity contribution in [3.05, 3.63) is 35.9 Å². The zero-order valence-corrected chi connectivity index (χ0v) is 12.0. The summed E-state index contributed by atoms with van der Waals surface area (Å²) in [7, 11) is 0. The van der Waals surface area contributed by atoms with Gasteiger partial charge in [0.1, 0.15) is 6.04 Å². The number of benzene rings is 1. The molecular formula is C15H22N4O2. The summed E-state index contributed by atoms with van der Waals surface area (Å²) in [6, 6.07) is 8.48. The molecule has 0 radical (unpaired) electrons. The van der Waals surface area contributed by atoms with Crippen LogP contribution in [0, 0.1) is 0 Å². The lowest BCUT2D eigenvalue weighted by molar-refractivity contribution is 0.231. The molecule has 1 aromatic carbocycles. The van der Waals surface area contributed by atoms with Crippen molar-refractivity contribution in [2.75, 3.05) is 0 Å². The average Bonchev–Trinajstić information content (AvgIpc) is 2.53. The van der Waals surface area contributed by atoms with E-state index < -0.39 is 6.04 Å². The Labute approximate surface area is 124 Å². The lowest BCUT2D eigenvalue weighted by Gasteiger charge is -2.25. The SMILES string of the molecule is N/C(=N/O)C(NC(=O)NC1CCCCC1)c1ccccc1. The van der Waals surface area contributed by atoms with E-state index in [1.807, 2.05) is 30.3 Å². The highest BCUT2D eigenvalue weighted by atomic mass is 16.4. The number of hydrogen-bond donors (Lipinski definition) is 4. The van der Waals surface area contributed by atoms with Gasteiger partial charge in [0.2, 0.25) is 0 Å². The number of nitrogens with zero attached hydrogens (tertiary/aromatic N) is 1. The van der Waals surface area contributed by atoms with Crippen molar-refractivity contribution < 1.29 is 10.0 Å². The second-order valence-electron chi connectivity index (χ2n) is 5.32. The predicted octanol–water partition coefficient (Wildman–Crippen LogP) is 2.11. The van der Waals surface area contributed by atoms with Gasteiger partial charge in [0, 0.05) is 6.04 Å². The number of nitrogens with one attached hydrogen (secondary N) is 2. The molecule has 1 aliphatic carbocycles. The number of urea groups is 1. The van der Waals surface area contributed by atoms with Crippen molar-refractivity contribution in [2.24, 2.45) is 10.9 Å². The van der Waals surface area contributed by atoms with Gasteiger partial charge in [-0.1, -0.05) is 54.8 Å². The Morgan fingerprint density at radius 2 is 1.90 bits per heavy atom. The van der Waals surface area contributed by atoms with Crippen LogP contribution in [0.1, 0.15) is 43.7 Å². The second-order valence-corrected chi connectivity index (χ2v) is 5.32. The Hall–Kier alpha value is -2.24. The summed E-state index contributed by atoms with van der Waals surface area (Å²) in [4.78, 5) is 12.1. The molecule has 114 valence electrons. The molecule has 1 saturated carbocycles. The number of carbonyl (C=O) groups is 1. The van der Waals surface area contributed by atoms with Crippen LogP contribution in [0.3, 0.4) is 0 Å². The number of hydrogen-bond acceptors (Lipinski definition) is 3. The van der Waals surface area contributed by atoms with Gasteiger partial charge in [-0.25, -0.2) is 4.79 Å². The van der Waals surface area contributed by atoms with Crippen molar-refractivity contribution in [3.63, 3.8) is 0 Å². The van der Waals surface area contributed by atoms with Crippen molar-refractivity contribution in [1.82, 2.24) is 10.6 Å². The lowest BCUT2D eigenvalue weighted by atomic mass is 9.96. The standard InChI is InChI=1S/C15H22N4O2/c16-14(19-21)13(11-7-3-1-4-8-11)18-15(20)17-12-9-5-2-6-10-12/h1,3-4,7-8,12-13,21H,2,5-6,9-10H2,(H2,16,19)(H2,17,18,20). The van der Waals surface area contributed by atoms with Crippen molar-refractivity contribution >= 4 is 11.9 Å². The Morgan fingerprint density at radius 3 is 2.52 bits per heavy atom. The summed E-state index contributed by atoms with van der Waals surface area (Å²) in [5, 5.41) is 17.6. The smallest absolute Gasteiger partial charge is 0.315 e. The van der Waals surface area contributed by atoms with Crippen LogP contribution in [0.15, 0.2) is 35.5 Å².